The highest BCUT2D eigenvalue weighted by Gasteiger charge is 2.06. The number of methoxy groups -OCH3 is 1. The maximum absolute atomic E-state index is 11.9. The number of hydrogen-bond acceptors (Lipinski definition) is 3. The van der Waals surface area contributed by atoms with Gasteiger partial charge in [0.2, 0.25) is 0 Å². The van der Waals surface area contributed by atoms with Gasteiger partial charge in [-0.25, -0.2) is 0 Å². The lowest BCUT2D eigenvalue weighted by molar-refractivity contribution is 0.413. The molecule has 1 aromatic heterocycles. The number of nitriles is 1. The van der Waals surface area contributed by atoms with Crippen LogP contribution in [0, 0.1) is 11.3 Å². The van der Waals surface area contributed by atoms with Gasteiger partial charge in [-0.3, -0.25) is 4.79 Å². The third-order valence-electron chi connectivity index (χ3n) is 2.71. The van der Waals surface area contributed by atoms with E-state index in [0.717, 1.165) is 5.56 Å². The normalized spacial score (nSPS) is 9.95. The first-order valence-corrected chi connectivity index (χ1v) is 6.37. The lowest BCUT2D eigenvalue weighted by Crippen LogP contribution is -2.20. The SMILES string of the molecule is COc1cc(Cn2cccc(Br)c2=O)ccc1C#N. The second-order valence-corrected chi connectivity index (χ2v) is 4.79. The van der Waals surface area contributed by atoms with Gasteiger partial charge in [0, 0.05) is 6.20 Å². The van der Waals surface area contributed by atoms with Crippen molar-refractivity contribution < 1.29 is 4.74 Å². The molecular formula is C14H11BrN2O2. The first-order chi connectivity index (χ1) is 9.15. The van der Waals surface area contributed by atoms with Gasteiger partial charge in [-0.05, 0) is 45.8 Å². The Balaban J connectivity index is 2.37. The Kier molecular flexibility index (Phi) is 4.03. The molecule has 0 radical (unpaired) electrons. The average Bonchev–Trinajstić information content (AvgIpc) is 2.43. The van der Waals surface area contributed by atoms with Crippen molar-refractivity contribution >= 4 is 15.9 Å². The topological polar surface area (TPSA) is 55.0 Å². The summed E-state index contributed by atoms with van der Waals surface area (Å²) < 4.78 is 7.26. The molecule has 0 fully saturated rings. The van der Waals surface area contributed by atoms with Gasteiger partial charge in [0.15, 0.2) is 0 Å². The van der Waals surface area contributed by atoms with Gasteiger partial charge in [0.05, 0.1) is 23.7 Å². The Bertz CT molecular complexity index is 701. The van der Waals surface area contributed by atoms with E-state index in [9.17, 15) is 4.79 Å². The zero-order valence-electron chi connectivity index (χ0n) is 10.3. The van der Waals surface area contributed by atoms with Crippen molar-refractivity contribution in [2.75, 3.05) is 7.11 Å². The maximum atomic E-state index is 11.9. The molecule has 19 heavy (non-hydrogen) atoms. The van der Waals surface area contributed by atoms with Crippen LogP contribution >= 0.6 is 15.9 Å². The van der Waals surface area contributed by atoms with Gasteiger partial charge in [0.1, 0.15) is 11.8 Å². The fourth-order valence-electron chi connectivity index (χ4n) is 1.76. The number of hydrogen-bond donors (Lipinski definition) is 0. The summed E-state index contributed by atoms with van der Waals surface area (Å²) in [6.45, 7) is 0.431. The Labute approximate surface area is 119 Å². The number of aromatic nitrogens is 1. The van der Waals surface area contributed by atoms with E-state index < -0.39 is 0 Å². The highest BCUT2D eigenvalue weighted by Crippen LogP contribution is 2.19. The predicted octanol–water partition coefficient (Wildman–Crippen LogP) is 2.54. The maximum Gasteiger partial charge on any atom is 0.265 e. The van der Waals surface area contributed by atoms with Gasteiger partial charge in [-0.2, -0.15) is 5.26 Å². The van der Waals surface area contributed by atoms with E-state index in [1.807, 2.05) is 6.07 Å². The highest BCUT2D eigenvalue weighted by molar-refractivity contribution is 9.10. The van der Waals surface area contributed by atoms with Crippen LogP contribution in [0.3, 0.4) is 0 Å². The second-order valence-electron chi connectivity index (χ2n) is 3.94. The molecule has 5 heteroatoms. The fourth-order valence-corrected chi connectivity index (χ4v) is 2.14. The van der Waals surface area contributed by atoms with Gasteiger partial charge >= 0.3 is 0 Å². The van der Waals surface area contributed by atoms with Crippen LogP contribution in [0.2, 0.25) is 0 Å². The zero-order valence-corrected chi connectivity index (χ0v) is 11.8. The third-order valence-corrected chi connectivity index (χ3v) is 3.32. The first-order valence-electron chi connectivity index (χ1n) is 5.57. The van der Waals surface area contributed by atoms with Gasteiger partial charge in [0.25, 0.3) is 5.56 Å². The summed E-state index contributed by atoms with van der Waals surface area (Å²) in [7, 11) is 1.52. The average molecular weight is 319 g/mol. The molecule has 96 valence electrons. The van der Waals surface area contributed by atoms with Crippen LogP contribution in [0.15, 0.2) is 45.8 Å². The van der Waals surface area contributed by atoms with Crippen molar-refractivity contribution in [3.8, 4) is 11.8 Å². The molecule has 0 amide bonds. The number of nitrogens with zero attached hydrogens (tertiary/aromatic N) is 2. The number of benzene rings is 1. The van der Waals surface area contributed by atoms with Gasteiger partial charge in [-0.1, -0.05) is 6.07 Å². The molecule has 4 nitrogen and oxygen atoms in total. The Morgan fingerprint density at radius 2 is 2.21 bits per heavy atom. The molecule has 0 N–H and O–H groups in total. The van der Waals surface area contributed by atoms with E-state index in [2.05, 4.69) is 22.0 Å². The van der Waals surface area contributed by atoms with Crippen molar-refractivity contribution in [1.29, 1.82) is 5.26 Å². The van der Waals surface area contributed by atoms with E-state index in [-0.39, 0.29) is 5.56 Å². The van der Waals surface area contributed by atoms with Crippen LogP contribution in [0.25, 0.3) is 0 Å². The smallest absolute Gasteiger partial charge is 0.265 e. The molecule has 0 saturated carbocycles. The molecule has 0 aliphatic heterocycles. The standard InChI is InChI=1S/C14H11BrN2O2/c1-19-13-7-10(4-5-11(13)8-16)9-17-6-2-3-12(15)14(17)18/h2-7H,9H2,1H3. The Hall–Kier alpha value is -2.06. The molecule has 0 aliphatic rings. The van der Waals surface area contributed by atoms with Crippen molar-refractivity contribution in [2.45, 2.75) is 6.54 Å². The number of ether oxygens (including phenoxy) is 1. The molecule has 1 aromatic carbocycles. The molecule has 0 bridgehead atoms. The van der Waals surface area contributed by atoms with Crippen LogP contribution in [0.5, 0.6) is 5.75 Å². The minimum absolute atomic E-state index is 0.0918. The molecular weight excluding hydrogens is 308 g/mol. The van der Waals surface area contributed by atoms with Crippen molar-refractivity contribution in [2.24, 2.45) is 0 Å². The highest BCUT2D eigenvalue weighted by atomic mass is 79.9. The molecule has 1 heterocycles. The largest absolute Gasteiger partial charge is 0.495 e. The molecule has 0 unspecified atom stereocenters. The number of rotatable bonds is 3. The number of halogens is 1. The zero-order chi connectivity index (χ0) is 13.8. The summed E-state index contributed by atoms with van der Waals surface area (Å²) in [6.07, 6.45) is 1.72. The number of pyridine rings is 1. The minimum atomic E-state index is -0.0918. The van der Waals surface area contributed by atoms with Crippen molar-refractivity contribution in [3.63, 3.8) is 0 Å². The Morgan fingerprint density at radius 3 is 2.89 bits per heavy atom. The van der Waals surface area contributed by atoms with Gasteiger partial charge in [-0.15, -0.1) is 0 Å². The third kappa shape index (κ3) is 2.85. The lowest BCUT2D eigenvalue weighted by Gasteiger charge is -2.08. The monoisotopic (exact) mass is 318 g/mol. The van der Waals surface area contributed by atoms with E-state index >= 15 is 0 Å². The molecule has 2 aromatic rings. The molecule has 2 rings (SSSR count). The van der Waals surface area contributed by atoms with Crippen LogP contribution in [-0.2, 0) is 6.54 Å². The van der Waals surface area contributed by atoms with E-state index in [0.29, 0.717) is 22.3 Å². The minimum Gasteiger partial charge on any atom is -0.495 e. The van der Waals surface area contributed by atoms with E-state index in [1.54, 1.807) is 35.0 Å². The van der Waals surface area contributed by atoms with Gasteiger partial charge < -0.3 is 9.30 Å². The Morgan fingerprint density at radius 1 is 1.42 bits per heavy atom. The molecule has 0 aliphatic carbocycles. The molecule has 0 saturated heterocycles. The van der Waals surface area contributed by atoms with E-state index in [4.69, 9.17) is 10.00 Å². The van der Waals surface area contributed by atoms with Crippen LogP contribution in [0.4, 0.5) is 0 Å². The van der Waals surface area contributed by atoms with E-state index in [1.165, 1.54) is 7.11 Å². The fraction of sp³-hybridized carbons (Fsp3) is 0.143. The summed E-state index contributed by atoms with van der Waals surface area (Å²) in [5, 5.41) is 8.92. The predicted molar refractivity (Wildman–Crippen MR) is 75.2 cm³/mol. The van der Waals surface area contributed by atoms with Crippen LogP contribution < -0.4 is 10.3 Å². The van der Waals surface area contributed by atoms with Crippen LogP contribution in [0.1, 0.15) is 11.1 Å². The summed E-state index contributed by atoms with van der Waals surface area (Å²) in [6, 6.07) is 10.8. The van der Waals surface area contributed by atoms with Crippen molar-refractivity contribution in [3.05, 3.63) is 62.5 Å². The molecule has 0 atom stereocenters. The second kappa shape index (κ2) is 5.72. The summed E-state index contributed by atoms with van der Waals surface area (Å²) in [4.78, 5) is 11.9. The quantitative estimate of drug-likeness (QED) is 0.873. The lowest BCUT2D eigenvalue weighted by atomic mass is 10.1. The summed E-state index contributed by atoms with van der Waals surface area (Å²) in [5.74, 6) is 0.517. The first kappa shape index (κ1) is 13.4. The van der Waals surface area contributed by atoms with Crippen molar-refractivity contribution in [1.82, 2.24) is 4.57 Å². The summed E-state index contributed by atoms with van der Waals surface area (Å²) in [5.41, 5.74) is 1.29. The molecule has 0 spiro atoms. The summed E-state index contributed by atoms with van der Waals surface area (Å²) >= 11 is 3.21. The van der Waals surface area contributed by atoms with Crippen LogP contribution in [-0.4, -0.2) is 11.7 Å².